The summed E-state index contributed by atoms with van der Waals surface area (Å²) >= 11 is 1.64. The minimum Gasteiger partial charge on any atom is -0.496 e. The van der Waals surface area contributed by atoms with Gasteiger partial charge in [0.05, 0.1) is 26.0 Å². The molecule has 0 radical (unpaired) electrons. The molecule has 1 aliphatic rings. The second-order valence-electron chi connectivity index (χ2n) is 7.27. The van der Waals surface area contributed by atoms with E-state index in [1.165, 1.54) is 11.1 Å². The van der Waals surface area contributed by atoms with E-state index >= 15 is 0 Å². The van der Waals surface area contributed by atoms with Gasteiger partial charge in [-0.1, -0.05) is 36.0 Å². The van der Waals surface area contributed by atoms with Gasteiger partial charge in [0, 0.05) is 44.0 Å². The van der Waals surface area contributed by atoms with Gasteiger partial charge in [0.2, 0.25) is 5.16 Å². The minimum absolute atomic E-state index is 0. The van der Waals surface area contributed by atoms with Crippen molar-refractivity contribution < 1.29 is 9.47 Å². The van der Waals surface area contributed by atoms with E-state index in [2.05, 4.69) is 43.9 Å². The standard InChI is InChI=1S/C22H28N6O2S.2ClH/c1-29-21-8-7-18(15-19(21)17-27-10-12-30-13-11-27)16-23-9-14-31-22-24-25-26-28(22)20-5-3-2-4-6-20;;/h2-8,15,23H,9-14,16-17H2,1H3;2*1H. The Morgan fingerprint density at radius 2 is 1.88 bits per heavy atom. The first kappa shape index (κ1) is 27.4. The van der Waals surface area contributed by atoms with E-state index in [1.54, 1.807) is 23.6 Å². The summed E-state index contributed by atoms with van der Waals surface area (Å²) in [6.45, 7) is 6.08. The van der Waals surface area contributed by atoms with Gasteiger partial charge < -0.3 is 14.8 Å². The maximum Gasteiger partial charge on any atom is 0.214 e. The van der Waals surface area contributed by atoms with E-state index in [0.717, 1.165) is 68.3 Å². The maximum atomic E-state index is 5.57. The van der Waals surface area contributed by atoms with Gasteiger partial charge in [0.1, 0.15) is 5.75 Å². The van der Waals surface area contributed by atoms with E-state index in [9.17, 15) is 0 Å². The Labute approximate surface area is 211 Å². The van der Waals surface area contributed by atoms with Crippen LogP contribution in [-0.2, 0) is 17.8 Å². The molecule has 1 saturated heterocycles. The molecule has 2 heterocycles. The first-order valence-corrected chi connectivity index (χ1v) is 11.5. The van der Waals surface area contributed by atoms with Gasteiger partial charge in [-0.2, -0.15) is 4.68 Å². The lowest BCUT2D eigenvalue weighted by atomic mass is 10.1. The van der Waals surface area contributed by atoms with Crippen LogP contribution < -0.4 is 10.1 Å². The molecule has 11 heteroatoms. The molecular formula is C22H30Cl2N6O2S. The van der Waals surface area contributed by atoms with Crippen molar-refractivity contribution in [3.05, 3.63) is 59.7 Å². The molecule has 180 valence electrons. The van der Waals surface area contributed by atoms with Crippen molar-refractivity contribution >= 4 is 36.6 Å². The van der Waals surface area contributed by atoms with E-state index in [1.807, 2.05) is 30.3 Å². The number of rotatable bonds is 10. The molecule has 33 heavy (non-hydrogen) atoms. The third-order valence-electron chi connectivity index (χ3n) is 5.12. The van der Waals surface area contributed by atoms with Crippen molar-refractivity contribution in [1.82, 2.24) is 30.4 Å². The van der Waals surface area contributed by atoms with E-state index in [4.69, 9.17) is 9.47 Å². The number of halogens is 2. The van der Waals surface area contributed by atoms with E-state index < -0.39 is 0 Å². The largest absolute Gasteiger partial charge is 0.496 e. The Morgan fingerprint density at radius 1 is 1.09 bits per heavy atom. The molecule has 1 fully saturated rings. The topological polar surface area (TPSA) is 77.3 Å². The number of tetrazole rings is 1. The molecule has 0 atom stereocenters. The van der Waals surface area contributed by atoms with Crippen molar-refractivity contribution in [3.63, 3.8) is 0 Å². The van der Waals surface area contributed by atoms with Crippen molar-refractivity contribution in [2.24, 2.45) is 0 Å². The molecule has 1 N–H and O–H groups in total. The predicted octanol–water partition coefficient (Wildman–Crippen LogP) is 3.23. The lowest BCUT2D eigenvalue weighted by molar-refractivity contribution is 0.0339. The quantitative estimate of drug-likeness (QED) is 0.327. The van der Waals surface area contributed by atoms with Crippen molar-refractivity contribution in [3.8, 4) is 11.4 Å². The monoisotopic (exact) mass is 512 g/mol. The zero-order valence-electron chi connectivity index (χ0n) is 18.6. The number of aromatic nitrogens is 4. The number of hydrogen-bond acceptors (Lipinski definition) is 8. The summed E-state index contributed by atoms with van der Waals surface area (Å²) in [5.74, 6) is 1.82. The van der Waals surface area contributed by atoms with Gasteiger partial charge in [0.15, 0.2) is 0 Å². The first-order valence-electron chi connectivity index (χ1n) is 10.5. The first-order chi connectivity index (χ1) is 15.3. The average Bonchev–Trinajstić information content (AvgIpc) is 3.29. The Kier molecular flexibility index (Phi) is 11.9. The highest BCUT2D eigenvalue weighted by molar-refractivity contribution is 7.99. The number of benzene rings is 2. The number of thioether (sulfide) groups is 1. The molecule has 0 bridgehead atoms. The second kappa shape index (κ2) is 14.4. The van der Waals surface area contributed by atoms with Crippen LogP contribution in [0.3, 0.4) is 0 Å². The third kappa shape index (κ3) is 7.84. The molecule has 4 rings (SSSR count). The second-order valence-corrected chi connectivity index (χ2v) is 8.33. The lowest BCUT2D eigenvalue weighted by Crippen LogP contribution is -2.35. The van der Waals surface area contributed by atoms with Gasteiger partial charge in [-0.25, -0.2) is 0 Å². The van der Waals surface area contributed by atoms with Crippen molar-refractivity contribution in [1.29, 1.82) is 0 Å². The number of morpholine rings is 1. The van der Waals surface area contributed by atoms with Crippen LogP contribution in [0.2, 0.25) is 0 Å². The van der Waals surface area contributed by atoms with Gasteiger partial charge in [-0.3, -0.25) is 4.90 Å². The molecule has 0 saturated carbocycles. The molecule has 2 aromatic carbocycles. The zero-order valence-corrected chi connectivity index (χ0v) is 21.0. The zero-order chi connectivity index (χ0) is 21.3. The van der Waals surface area contributed by atoms with Gasteiger partial charge in [0.25, 0.3) is 0 Å². The average molecular weight is 513 g/mol. The van der Waals surface area contributed by atoms with Crippen molar-refractivity contribution in [2.45, 2.75) is 18.2 Å². The molecule has 8 nitrogen and oxygen atoms in total. The molecule has 0 spiro atoms. The van der Waals surface area contributed by atoms with Crippen LogP contribution in [0.1, 0.15) is 11.1 Å². The van der Waals surface area contributed by atoms with Crippen LogP contribution in [0.5, 0.6) is 5.75 Å². The fourth-order valence-electron chi connectivity index (χ4n) is 3.51. The molecule has 3 aromatic rings. The molecule has 1 aromatic heterocycles. The maximum absolute atomic E-state index is 5.57. The number of nitrogens with one attached hydrogen (secondary N) is 1. The summed E-state index contributed by atoms with van der Waals surface area (Å²) in [5, 5.41) is 16.4. The van der Waals surface area contributed by atoms with Gasteiger partial charge in [-0.15, -0.1) is 29.9 Å². The Morgan fingerprint density at radius 3 is 2.64 bits per heavy atom. The summed E-state index contributed by atoms with van der Waals surface area (Å²) in [7, 11) is 1.73. The summed E-state index contributed by atoms with van der Waals surface area (Å²) in [5.41, 5.74) is 3.44. The van der Waals surface area contributed by atoms with Crippen LogP contribution in [-0.4, -0.2) is 70.8 Å². The van der Waals surface area contributed by atoms with Crippen LogP contribution >= 0.6 is 36.6 Å². The Bertz CT molecular complexity index is 957. The van der Waals surface area contributed by atoms with Crippen molar-refractivity contribution in [2.75, 3.05) is 45.7 Å². The lowest BCUT2D eigenvalue weighted by Gasteiger charge is -2.27. The molecule has 0 aliphatic carbocycles. The molecule has 1 aliphatic heterocycles. The van der Waals surface area contributed by atoms with E-state index in [-0.39, 0.29) is 24.8 Å². The summed E-state index contributed by atoms with van der Waals surface area (Å²) in [4.78, 5) is 2.41. The Hall–Kier alpha value is -1.88. The number of hydrogen-bond donors (Lipinski definition) is 1. The van der Waals surface area contributed by atoms with Gasteiger partial charge in [-0.05, 0) is 40.3 Å². The fraction of sp³-hybridized carbons (Fsp3) is 0.409. The SMILES string of the molecule is COc1ccc(CNCCSc2nnnn2-c2ccccc2)cc1CN1CCOCC1.Cl.Cl. The molecule has 0 amide bonds. The number of methoxy groups -OCH3 is 1. The number of nitrogens with zero attached hydrogens (tertiary/aromatic N) is 5. The fourth-order valence-corrected chi connectivity index (χ4v) is 4.30. The number of para-hydroxylation sites is 1. The highest BCUT2D eigenvalue weighted by Crippen LogP contribution is 2.22. The van der Waals surface area contributed by atoms with Gasteiger partial charge >= 0.3 is 0 Å². The predicted molar refractivity (Wildman–Crippen MR) is 135 cm³/mol. The normalized spacial score (nSPS) is 13.7. The summed E-state index contributed by atoms with van der Waals surface area (Å²) in [6.07, 6.45) is 0. The Balaban J connectivity index is 0.00000193. The molecular weight excluding hydrogens is 483 g/mol. The summed E-state index contributed by atoms with van der Waals surface area (Å²) in [6, 6.07) is 16.4. The van der Waals surface area contributed by atoms with Crippen LogP contribution in [0.25, 0.3) is 5.69 Å². The van der Waals surface area contributed by atoms with Crippen LogP contribution in [0, 0.1) is 0 Å². The summed E-state index contributed by atoms with van der Waals surface area (Å²) < 4.78 is 12.8. The van der Waals surface area contributed by atoms with E-state index in [0.29, 0.717) is 0 Å². The highest BCUT2D eigenvalue weighted by atomic mass is 35.5. The minimum atomic E-state index is 0. The third-order valence-corrected chi connectivity index (χ3v) is 6.04. The molecule has 0 unspecified atom stereocenters. The smallest absolute Gasteiger partial charge is 0.214 e. The number of ether oxygens (including phenoxy) is 2. The van der Waals surface area contributed by atoms with Crippen LogP contribution in [0.4, 0.5) is 0 Å². The highest BCUT2D eigenvalue weighted by Gasteiger charge is 2.14. The van der Waals surface area contributed by atoms with Crippen LogP contribution in [0.15, 0.2) is 53.7 Å².